The van der Waals surface area contributed by atoms with E-state index in [2.05, 4.69) is 32.9 Å². The van der Waals surface area contributed by atoms with E-state index in [9.17, 15) is 0 Å². The zero-order chi connectivity index (χ0) is 5.70. The molecule has 7 heavy (non-hydrogen) atoms. The summed E-state index contributed by atoms with van der Waals surface area (Å²) in [5, 5.41) is 0. The highest BCUT2D eigenvalue weighted by Crippen LogP contribution is 1.98. The second kappa shape index (κ2) is 3.91. The minimum absolute atomic E-state index is 0.816. The third-order valence-corrected chi connectivity index (χ3v) is 0.843. The Balaban J connectivity index is 2.97. The number of allylic oxidation sites excluding steroid dienone is 2. The molecule has 0 aromatic rings. The normalized spacial score (nSPS) is 11.4. The number of hydrogen-bond acceptors (Lipinski definition) is 0. The second-order valence-electron chi connectivity index (χ2n) is 2.20. The van der Waals surface area contributed by atoms with E-state index in [1.54, 1.807) is 0 Å². The molecule has 0 heteroatoms. The first kappa shape index (κ1) is 6.74. The van der Waals surface area contributed by atoms with Crippen LogP contribution in [0.15, 0.2) is 12.2 Å². The van der Waals surface area contributed by atoms with Crippen LogP contribution in [0.5, 0.6) is 0 Å². The summed E-state index contributed by atoms with van der Waals surface area (Å²) < 4.78 is 0. The van der Waals surface area contributed by atoms with Gasteiger partial charge in [-0.05, 0) is 19.3 Å². The highest BCUT2D eigenvalue weighted by molar-refractivity contribution is 4.77. The van der Waals surface area contributed by atoms with E-state index in [1.165, 1.54) is 6.42 Å². The molecule has 0 nitrogen and oxygen atoms in total. The molecule has 0 rings (SSSR count). The summed E-state index contributed by atoms with van der Waals surface area (Å²) in [6.45, 7) is 6.50. The van der Waals surface area contributed by atoms with E-state index in [1.807, 2.05) is 0 Å². The maximum Gasteiger partial charge on any atom is -0.0328 e. The van der Waals surface area contributed by atoms with Gasteiger partial charge in [-0.1, -0.05) is 26.0 Å². The van der Waals surface area contributed by atoms with Gasteiger partial charge < -0.3 is 0 Å². The highest BCUT2D eigenvalue weighted by Gasteiger charge is 1.83. The van der Waals surface area contributed by atoms with Crippen molar-refractivity contribution in [2.45, 2.75) is 27.2 Å². The molecule has 0 N–H and O–H groups in total. The lowest BCUT2D eigenvalue weighted by molar-refractivity contribution is 0.663. The van der Waals surface area contributed by atoms with Crippen LogP contribution in [0.1, 0.15) is 27.2 Å². The smallest absolute Gasteiger partial charge is 0.0328 e. The average molecular weight is 98.2 g/mol. The molecule has 0 radical (unpaired) electrons. The van der Waals surface area contributed by atoms with Gasteiger partial charge in [0.25, 0.3) is 0 Å². The first-order valence-corrected chi connectivity index (χ1v) is 2.88. The minimum Gasteiger partial charge on any atom is -0.0917 e. The lowest BCUT2D eigenvalue weighted by Gasteiger charge is -1.93. The summed E-state index contributed by atoms with van der Waals surface area (Å²) in [4.78, 5) is 0. The van der Waals surface area contributed by atoms with Crippen LogP contribution in [0.3, 0.4) is 0 Å². The summed E-state index contributed by atoms with van der Waals surface area (Å²) in [6.07, 6.45) is 5.52. The Labute approximate surface area is 46.2 Å². The van der Waals surface area contributed by atoms with E-state index in [-0.39, 0.29) is 0 Å². The van der Waals surface area contributed by atoms with Crippen molar-refractivity contribution in [3.05, 3.63) is 12.2 Å². The Morgan fingerprint density at radius 2 is 2.00 bits per heavy atom. The van der Waals surface area contributed by atoms with Gasteiger partial charge in [0.15, 0.2) is 0 Å². The minimum atomic E-state index is 0.816. The summed E-state index contributed by atoms with van der Waals surface area (Å²) in [5.41, 5.74) is 0. The quantitative estimate of drug-likeness (QED) is 0.466. The van der Waals surface area contributed by atoms with E-state index >= 15 is 0 Å². The lowest BCUT2D eigenvalue weighted by atomic mass is 10.1. The molecule has 0 saturated heterocycles. The summed E-state index contributed by atoms with van der Waals surface area (Å²) >= 11 is 0. The van der Waals surface area contributed by atoms with Crippen molar-refractivity contribution < 1.29 is 0 Å². The molecular weight excluding hydrogens is 84.1 g/mol. The Morgan fingerprint density at radius 1 is 1.43 bits per heavy atom. The summed E-state index contributed by atoms with van der Waals surface area (Å²) in [6, 6.07) is 0. The Bertz CT molecular complexity index is 51.1. The molecule has 0 aromatic heterocycles. The zero-order valence-corrected chi connectivity index (χ0v) is 5.44. The Morgan fingerprint density at radius 3 is 2.14 bits per heavy atom. The van der Waals surface area contributed by atoms with Gasteiger partial charge in [0, 0.05) is 0 Å². The van der Waals surface area contributed by atoms with Gasteiger partial charge in [0.05, 0.1) is 0 Å². The monoisotopic (exact) mass is 98.1 g/mol. The van der Waals surface area contributed by atoms with Crippen molar-refractivity contribution in [3.63, 3.8) is 0 Å². The van der Waals surface area contributed by atoms with Crippen molar-refractivity contribution in [2.24, 2.45) is 5.92 Å². The van der Waals surface area contributed by atoms with Gasteiger partial charge in [-0.3, -0.25) is 0 Å². The van der Waals surface area contributed by atoms with Gasteiger partial charge in [-0.15, -0.1) is 0 Å². The molecule has 0 aliphatic rings. The molecule has 0 fully saturated rings. The first-order chi connectivity index (χ1) is 3.27. The topological polar surface area (TPSA) is 0 Å². The fraction of sp³-hybridized carbons (Fsp3) is 0.714. The Hall–Kier alpha value is -0.260. The molecule has 0 bridgehead atoms. The van der Waals surface area contributed by atoms with Gasteiger partial charge in [0.2, 0.25) is 0 Å². The molecule has 0 unspecified atom stereocenters. The number of rotatable bonds is 2. The maximum atomic E-state index is 2.22. The van der Waals surface area contributed by atoms with Crippen LogP contribution in [0.25, 0.3) is 0 Å². The van der Waals surface area contributed by atoms with Crippen molar-refractivity contribution in [1.29, 1.82) is 0 Å². The molecule has 0 spiro atoms. The molecule has 0 atom stereocenters. The van der Waals surface area contributed by atoms with Gasteiger partial charge in [0.1, 0.15) is 0 Å². The predicted molar refractivity (Wildman–Crippen MR) is 34.3 cm³/mol. The molecule has 0 heterocycles. The van der Waals surface area contributed by atoms with Crippen LogP contribution in [0.4, 0.5) is 0 Å². The standard InChI is InChI=1S/C7H14/c1-4-5-6-7(2)3/h4-5,7H,6H2,1-3H3. The van der Waals surface area contributed by atoms with E-state index in [0.29, 0.717) is 0 Å². The van der Waals surface area contributed by atoms with Crippen LogP contribution in [-0.2, 0) is 0 Å². The van der Waals surface area contributed by atoms with Crippen LogP contribution < -0.4 is 0 Å². The summed E-state index contributed by atoms with van der Waals surface area (Å²) in [5.74, 6) is 0.816. The largest absolute Gasteiger partial charge is 0.0917 e. The van der Waals surface area contributed by atoms with Crippen molar-refractivity contribution >= 4 is 0 Å². The average Bonchev–Trinajstić information content (AvgIpc) is 1.61. The molecule has 0 amide bonds. The van der Waals surface area contributed by atoms with E-state index in [0.717, 1.165) is 5.92 Å². The van der Waals surface area contributed by atoms with Crippen LogP contribution in [0, 0.1) is 5.92 Å². The SMILES string of the molecule is CC=CCC(C)C. The highest BCUT2D eigenvalue weighted by atomic mass is 13.9. The van der Waals surface area contributed by atoms with E-state index < -0.39 is 0 Å². The molecule has 0 aliphatic heterocycles. The summed E-state index contributed by atoms with van der Waals surface area (Å²) in [7, 11) is 0. The maximum absolute atomic E-state index is 2.22. The first-order valence-electron chi connectivity index (χ1n) is 2.88. The Kier molecular flexibility index (Phi) is 3.77. The third kappa shape index (κ3) is 5.74. The number of hydrogen-bond donors (Lipinski definition) is 0. The third-order valence-electron chi connectivity index (χ3n) is 0.843. The van der Waals surface area contributed by atoms with Crippen LogP contribution in [-0.4, -0.2) is 0 Å². The molecular formula is C7H14. The fourth-order valence-electron chi connectivity index (χ4n) is 0.408. The van der Waals surface area contributed by atoms with Gasteiger partial charge in [-0.2, -0.15) is 0 Å². The lowest BCUT2D eigenvalue weighted by Crippen LogP contribution is -1.79. The van der Waals surface area contributed by atoms with Crippen LogP contribution in [0.2, 0.25) is 0 Å². The molecule has 42 valence electrons. The second-order valence-corrected chi connectivity index (χ2v) is 2.20. The molecule has 0 saturated carbocycles. The van der Waals surface area contributed by atoms with Crippen molar-refractivity contribution in [1.82, 2.24) is 0 Å². The van der Waals surface area contributed by atoms with Crippen molar-refractivity contribution in [3.8, 4) is 0 Å². The van der Waals surface area contributed by atoms with Gasteiger partial charge in [-0.25, -0.2) is 0 Å². The van der Waals surface area contributed by atoms with Gasteiger partial charge >= 0.3 is 0 Å². The fourth-order valence-corrected chi connectivity index (χ4v) is 0.408. The van der Waals surface area contributed by atoms with E-state index in [4.69, 9.17) is 0 Å². The molecule has 0 aromatic carbocycles. The molecule has 0 aliphatic carbocycles. The predicted octanol–water partition coefficient (Wildman–Crippen LogP) is 2.61. The van der Waals surface area contributed by atoms with Crippen LogP contribution >= 0.6 is 0 Å². The zero-order valence-electron chi connectivity index (χ0n) is 5.44. The van der Waals surface area contributed by atoms with Crippen molar-refractivity contribution in [2.75, 3.05) is 0 Å².